The lowest BCUT2D eigenvalue weighted by atomic mass is 9.98. The number of carbonyl (C=O) groups is 2. The summed E-state index contributed by atoms with van der Waals surface area (Å²) in [5, 5.41) is 6.11. The van der Waals surface area contributed by atoms with Crippen LogP contribution in [0.25, 0.3) is 0 Å². The van der Waals surface area contributed by atoms with Crippen LogP contribution in [0.2, 0.25) is 0 Å². The SMILES string of the molecule is CCOc1ccc(C(=O)NC(C(=O)NC(c2ccc3c(c2)OCCO3)C2CC2)C(C)C)cc1. The third-order valence-electron chi connectivity index (χ3n) is 5.98. The van der Waals surface area contributed by atoms with E-state index in [1.54, 1.807) is 24.3 Å². The molecule has 2 unspecified atom stereocenters. The summed E-state index contributed by atoms with van der Waals surface area (Å²) in [6.45, 7) is 7.39. The number of amides is 2. The Morgan fingerprint density at radius 2 is 1.70 bits per heavy atom. The van der Waals surface area contributed by atoms with E-state index in [0.29, 0.717) is 42.8 Å². The fourth-order valence-electron chi connectivity index (χ4n) is 4.03. The molecule has 2 atom stereocenters. The Hall–Kier alpha value is -3.22. The van der Waals surface area contributed by atoms with Crippen molar-refractivity contribution in [3.8, 4) is 17.2 Å². The molecule has 33 heavy (non-hydrogen) atoms. The Morgan fingerprint density at radius 1 is 1.00 bits per heavy atom. The third-order valence-corrected chi connectivity index (χ3v) is 5.98. The van der Waals surface area contributed by atoms with E-state index in [9.17, 15) is 9.59 Å². The average Bonchev–Trinajstić information content (AvgIpc) is 3.66. The minimum Gasteiger partial charge on any atom is -0.494 e. The van der Waals surface area contributed by atoms with Gasteiger partial charge in [0.2, 0.25) is 5.91 Å². The Morgan fingerprint density at radius 3 is 2.33 bits per heavy atom. The first-order chi connectivity index (χ1) is 16.0. The maximum atomic E-state index is 13.3. The molecular weight excluding hydrogens is 420 g/mol. The van der Waals surface area contributed by atoms with Crippen molar-refractivity contribution >= 4 is 11.8 Å². The highest BCUT2D eigenvalue weighted by Gasteiger charge is 2.36. The van der Waals surface area contributed by atoms with Crippen LogP contribution < -0.4 is 24.8 Å². The van der Waals surface area contributed by atoms with Gasteiger partial charge in [0.05, 0.1) is 12.6 Å². The van der Waals surface area contributed by atoms with Crippen molar-refractivity contribution < 1.29 is 23.8 Å². The van der Waals surface area contributed by atoms with Crippen LogP contribution in [-0.2, 0) is 4.79 Å². The standard InChI is InChI=1S/C26H32N2O5/c1-4-31-20-10-7-18(8-11-20)25(29)27-23(16(2)3)26(30)28-24(17-5-6-17)19-9-12-21-22(15-19)33-14-13-32-21/h7-12,15-17,23-24H,4-6,13-14H2,1-3H3,(H,27,29)(H,28,30). The van der Waals surface area contributed by atoms with Crippen molar-refractivity contribution in [1.29, 1.82) is 0 Å². The molecular formula is C26H32N2O5. The van der Waals surface area contributed by atoms with E-state index in [2.05, 4.69) is 10.6 Å². The smallest absolute Gasteiger partial charge is 0.251 e. The summed E-state index contributed by atoms with van der Waals surface area (Å²) in [6, 6.07) is 12.0. The molecule has 0 saturated heterocycles. The molecule has 0 radical (unpaired) electrons. The lowest BCUT2D eigenvalue weighted by Gasteiger charge is -2.27. The van der Waals surface area contributed by atoms with Gasteiger partial charge in [0.25, 0.3) is 5.91 Å². The molecule has 2 aromatic carbocycles. The van der Waals surface area contributed by atoms with Gasteiger partial charge in [0, 0.05) is 5.56 Å². The van der Waals surface area contributed by atoms with Crippen LogP contribution >= 0.6 is 0 Å². The molecule has 4 rings (SSSR count). The molecule has 2 aliphatic rings. The Kier molecular flexibility index (Phi) is 7.06. The second-order valence-corrected chi connectivity index (χ2v) is 8.88. The molecule has 1 saturated carbocycles. The predicted molar refractivity (Wildman–Crippen MR) is 125 cm³/mol. The largest absolute Gasteiger partial charge is 0.494 e. The minimum atomic E-state index is -0.650. The second-order valence-electron chi connectivity index (χ2n) is 8.88. The predicted octanol–water partition coefficient (Wildman–Crippen LogP) is 3.88. The van der Waals surface area contributed by atoms with Crippen LogP contribution in [0.5, 0.6) is 17.2 Å². The van der Waals surface area contributed by atoms with Gasteiger partial charge in [-0.15, -0.1) is 0 Å². The first-order valence-corrected chi connectivity index (χ1v) is 11.7. The molecule has 7 nitrogen and oxygen atoms in total. The molecule has 1 aliphatic carbocycles. The van der Waals surface area contributed by atoms with E-state index < -0.39 is 6.04 Å². The summed E-state index contributed by atoms with van der Waals surface area (Å²) in [5.41, 5.74) is 1.48. The van der Waals surface area contributed by atoms with E-state index in [0.717, 1.165) is 24.2 Å². The lowest BCUT2D eigenvalue weighted by Crippen LogP contribution is -2.50. The van der Waals surface area contributed by atoms with Gasteiger partial charge in [-0.25, -0.2) is 0 Å². The zero-order chi connectivity index (χ0) is 23.4. The summed E-state index contributed by atoms with van der Waals surface area (Å²) < 4.78 is 16.8. The van der Waals surface area contributed by atoms with E-state index in [1.165, 1.54) is 0 Å². The summed E-state index contributed by atoms with van der Waals surface area (Å²) >= 11 is 0. The number of benzene rings is 2. The van der Waals surface area contributed by atoms with E-state index in [4.69, 9.17) is 14.2 Å². The Labute approximate surface area is 194 Å². The molecule has 2 amide bonds. The molecule has 1 heterocycles. The van der Waals surface area contributed by atoms with Gasteiger partial charge in [0.15, 0.2) is 11.5 Å². The maximum Gasteiger partial charge on any atom is 0.251 e. The second kappa shape index (κ2) is 10.1. The highest BCUT2D eigenvalue weighted by atomic mass is 16.6. The van der Waals surface area contributed by atoms with Crippen LogP contribution in [0, 0.1) is 11.8 Å². The van der Waals surface area contributed by atoms with Gasteiger partial charge < -0.3 is 24.8 Å². The molecule has 1 fully saturated rings. The van der Waals surface area contributed by atoms with Gasteiger partial charge in [-0.2, -0.15) is 0 Å². The topological polar surface area (TPSA) is 85.9 Å². The van der Waals surface area contributed by atoms with Crippen LogP contribution in [-0.4, -0.2) is 37.7 Å². The van der Waals surface area contributed by atoms with Gasteiger partial charge in [0.1, 0.15) is 25.0 Å². The molecule has 2 aromatic rings. The quantitative estimate of drug-likeness (QED) is 0.603. The zero-order valence-electron chi connectivity index (χ0n) is 19.4. The van der Waals surface area contributed by atoms with E-state index >= 15 is 0 Å². The number of hydrogen-bond acceptors (Lipinski definition) is 5. The fraction of sp³-hybridized carbons (Fsp3) is 0.462. The van der Waals surface area contributed by atoms with Crippen LogP contribution in [0.3, 0.4) is 0 Å². The van der Waals surface area contributed by atoms with Gasteiger partial charge in [-0.3, -0.25) is 9.59 Å². The first-order valence-electron chi connectivity index (χ1n) is 11.7. The van der Waals surface area contributed by atoms with Crippen molar-refractivity contribution in [3.05, 3.63) is 53.6 Å². The van der Waals surface area contributed by atoms with Gasteiger partial charge in [-0.05, 0) is 73.6 Å². The summed E-state index contributed by atoms with van der Waals surface area (Å²) in [6.07, 6.45) is 2.12. The van der Waals surface area contributed by atoms with Gasteiger partial charge >= 0.3 is 0 Å². The van der Waals surface area contributed by atoms with Crippen LogP contribution in [0.15, 0.2) is 42.5 Å². The molecule has 176 valence electrons. The normalized spacial score (nSPS) is 16.6. The first kappa shape index (κ1) is 23.0. The summed E-state index contributed by atoms with van der Waals surface area (Å²) in [5.74, 6) is 1.99. The molecule has 0 bridgehead atoms. The third kappa shape index (κ3) is 5.59. The van der Waals surface area contributed by atoms with E-state index in [1.807, 2.05) is 39.0 Å². The van der Waals surface area contributed by atoms with Crippen LogP contribution in [0.1, 0.15) is 55.6 Å². The molecule has 2 N–H and O–H groups in total. The highest BCUT2D eigenvalue weighted by Crippen LogP contribution is 2.43. The van der Waals surface area contributed by atoms with Crippen molar-refractivity contribution in [3.63, 3.8) is 0 Å². The number of hydrogen-bond donors (Lipinski definition) is 2. The number of ether oxygens (including phenoxy) is 3. The average molecular weight is 453 g/mol. The zero-order valence-corrected chi connectivity index (χ0v) is 19.4. The van der Waals surface area contributed by atoms with Crippen LogP contribution in [0.4, 0.5) is 0 Å². The van der Waals surface area contributed by atoms with Crippen molar-refractivity contribution in [2.75, 3.05) is 19.8 Å². The number of nitrogens with one attached hydrogen (secondary N) is 2. The number of fused-ring (bicyclic) bond motifs is 1. The molecule has 0 spiro atoms. The Balaban J connectivity index is 1.46. The van der Waals surface area contributed by atoms with E-state index in [-0.39, 0.29) is 23.8 Å². The minimum absolute atomic E-state index is 0.0724. The monoisotopic (exact) mass is 452 g/mol. The lowest BCUT2D eigenvalue weighted by molar-refractivity contribution is -0.124. The fourth-order valence-corrected chi connectivity index (χ4v) is 4.03. The van der Waals surface area contributed by atoms with Crippen molar-refractivity contribution in [1.82, 2.24) is 10.6 Å². The Bertz CT molecular complexity index is 985. The molecule has 7 heteroatoms. The van der Waals surface area contributed by atoms with Gasteiger partial charge in [-0.1, -0.05) is 19.9 Å². The molecule has 1 aliphatic heterocycles. The van der Waals surface area contributed by atoms with Crippen molar-refractivity contribution in [2.45, 2.75) is 45.7 Å². The summed E-state index contributed by atoms with van der Waals surface area (Å²) in [4.78, 5) is 26.1. The van der Waals surface area contributed by atoms with Crippen molar-refractivity contribution in [2.24, 2.45) is 11.8 Å². The highest BCUT2D eigenvalue weighted by molar-refractivity contribution is 5.97. The number of rotatable bonds is 9. The molecule has 0 aromatic heterocycles. The number of carbonyl (C=O) groups excluding carboxylic acids is 2. The maximum absolute atomic E-state index is 13.3. The summed E-state index contributed by atoms with van der Waals surface area (Å²) in [7, 11) is 0.